The van der Waals surface area contributed by atoms with Gasteiger partial charge in [0, 0.05) is 30.1 Å². The summed E-state index contributed by atoms with van der Waals surface area (Å²) in [4.78, 5) is 21.6. The van der Waals surface area contributed by atoms with Gasteiger partial charge in [-0.2, -0.15) is 0 Å². The first kappa shape index (κ1) is 13.1. The van der Waals surface area contributed by atoms with Crippen molar-refractivity contribution >= 4 is 22.8 Å². The number of fused-ring (bicyclic) bond motifs is 1. The molecule has 2 N–H and O–H groups in total. The number of unbranched alkanes of at least 4 members (excludes halogenated alkanes) is 1. The third-order valence-electron chi connectivity index (χ3n) is 3.06. The summed E-state index contributed by atoms with van der Waals surface area (Å²) in [7, 11) is 0. The molecule has 19 heavy (non-hydrogen) atoms. The Kier molecular flexibility index (Phi) is 3.85. The van der Waals surface area contributed by atoms with Gasteiger partial charge in [0.05, 0.1) is 5.56 Å². The Morgan fingerprint density at radius 2 is 1.84 bits per heavy atom. The number of hydrogen-bond donors (Lipinski definition) is 2. The standard InChI is InChI=1S/C14H15NO4/c16-13(17)7-3-4-8-15-9-11(14(18)19)10-5-1-2-6-12(10)15/h1-2,5-6,9H,3-4,7-8H2,(H,16,17)(H,18,19). The van der Waals surface area contributed by atoms with E-state index >= 15 is 0 Å². The van der Waals surface area contributed by atoms with E-state index in [4.69, 9.17) is 10.2 Å². The number of hydrogen-bond acceptors (Lipinski definition) is 2. The van der Waals surface area contributed by atoms with Crippen LogP contribution in [0.4, 0.5) is 0 Å². The second-order valence-corrected chi connectivity index (χ2v) is 4.41. The minimum atomic E-state index is -0.944. The van der Waals surface area contributed by atoms with Crippen LogP contribution in [0, 0.1) is 0 Å². The number of nitrogens with zero attached hydrogens (tertiary/aromatic N) is 1. The van der Waals surface area contributed by atoms with Crippen molar-refractivity contribution in [2.75, 3.05) is 0 Å². The normalized spacial score (nSPS) is 10.7. The average Bonchev–Trinajstić information content (AvgIpc) is 2.74. The van der Waals surface area contributed by atoms with Crippen LogP contribution in [0.2, 0.25) is 0 Å². The fourth-order valence-electron chi connectivity index (χ4n) is 2.16. The second-order valence-electron chi connectivity index (χ2n) is 4.41. The van der Waals surface area contributed by atoms with Crippen molar-refractivity contribution in [3.8, 4) is 0 Å². The molecule has 0 saturated heterocycles. The van der Waals surface area contributed by atoms with Gasteiger partial charge < -0.3 is 14.8 Å². The Morgan fingerprint density at radius 3 is 2.53 bits per heavy atom. The fraction of sp³-hybridized carbons (Fsp3) is 0.286. The second kappa shape index (κ2) is 5.56. The molecular formula is C14H15NO4. The van der Waals surface area contributed by atoms with Crippen molar-refractivity contribution in [3.63, 3.8) is 0 Å². The van der Waals surface area contributed by atoms with E-state index in [1.54, 1.807) is 12.3 Å². The Bertz CT molecular complexity index is 615. The highest BCUT2D eigenvalue weighted by Gasteiger charge is 2.13. The zero-order chi connectivity index (χ0) is 13.8. The van der Waals surface area contributed by atoms with Gasteiger partial charge in [-0.3, -0.25) is 4.79 Å². The molecule has 0 atom stereocenters. The van der Waals surface area contributed by atoms with Gasteiger partial charge in [0.2, 0.25) is 0 Å². The molecule has 0 aliphatic rings. The maximum atomic E-state index is 11.2. The average molecular weight is 261 g/mol. The minimum absolute atomic E-state index is 0.144. The van der Waals surface area contributed by atoms with Crippen LogP contribution < -0.4 is 0 Å². The van der Waals surface area contributed by atoms with Gasteiger partial charge in [-0.15, -0.1) is 0 Å². The lowest BCUT2D eigenvalue weighted by Gasteiger charge is -2.04. The largest absolute Gasteiger partial charge is 0.481 e. The zero-order valence-electron chi connectivity index (χ0n) is 10.4. The van der Waals surface area contributed by atoms with E-state index in [9.17, 15) is 9.59 Å². The van der Waals surface area contributed by atoms with Crippen molar-refractivity contribution in [2.24, 2.45) is 0 Å². The lowest BCUT2D eigenvalue weighted by Crippen LogP contribution is -1.99. The van der Waals surface area contributed by atoms with Crippen molar-refractivity contribution in [1.82, 2.24) is 4.57 Å². The van der Waals surface area contributed by atoms with E-state index in [-0.39, 0.29) is 12.0 Å². The summed E-state index contributed by atoms with van der Waals surface area (Å²) in [5, 5.41) is 18.4. The lowest BCUT2D eigenvalue weighted by molar-refractivity contribution is -0.137. The minimum Gasteiger partial charge on any atom is -0.481 e. The third-order valence-corrected chi connectivity index (χ3v) is 3.06. The van der Waals surface area contributed by atoms with E-state index in [0.717, 1.165) is 5.52 Å². The topological polar surface area (TPSA) is 79.5 Å². The number of aryl methyl sites for hydroxylation is 1. The van der Waals surface area contributed by atoms with Crippen LogP contribution in [0.25, 0.3) is 10.9 Å². The molecule has 100 valence electrons. The number of rotatable bonds is 6. The number of aromatic carboxylic acids is 1. The van der Waals surface area contributed by atoms with Crippen LogP contribution in [0.3, 0.4) is 0 Å². The number of benzene rings is 1. The Hall–Kier alpha value is -2.30. The molecule has 0 aliphatic heterocycles. The van der Waals surface area contributed by atoms with Crippen molar-refractivity contribution < 1.29 is 19.8 Å². The van der Waals surface area contributed by atoms with Crippen LogP contribution in [0.1, 0.15) is 29.6 Å². The van der Waals surface area contributed by atoms with Crippen LogP contribution in [0.5, 0.6) is 0 Å². The molecule has 2 aromatic rings. The number of aliphatic carboxylic acids is 1. The van der Waals surface area contributed by atoms with Gasteiger partial charge in [-0.1, -0.05) is 18.2 Å². The van der Waals surface area contributed by atoms with Gasteiger partial charge >= 0.3 is 11.9 Å². The highest BCUT2D eigenvalue weighted by molar-refractivity contribution is 6.03. The Balaban J connectivity index is 2.19. The molecule has 5 nitrogen and oxygen atoms in total. The molecule has 0 bridgehead atoms. The van der Waals surface area contributed by atoms with Gasteiger partial charge in [0.15, 0.2) is 0 Å². The van der Waals surface area contributed by atoms with E-state index in [0.29, 0.717) is 24.8 Å². The van der Waals surface area contributed by atoms with E-state index < -0.39 is 11.9 Å². The summed E-state index contributed by atoms with van der Waals surface area (Å²) in [5.74, 6) is -1.75. The molecular weight excluding hydrogens is 246 g/mol. The fourth-order valence-corrected chi connectivity index (χ4v) is 2.16. The van der Waals surface area contributed by atoms with E-state index in [2.05, 4.69) is 0 Å². The molecule has 0 amide bonds. The summed E-state index contributed by atoms with van der Waals surface area (Å²) in [5.41, 5.74) is 1.16. The SMILES string of the molecule is O=C(O)CCCCn1cc(C(=O)O)c2ccccc21. The van der Waals surface area contributed by atoms with Crippen LogP contribution in [-0.2, 0) is 11.3 Å². The molecule has 0 spiro atoms. The molecule has 1 heterocycles. The van der Waals surface area contributed by atoms with Gasteiger partial charge in [-0.05, 0) is 18.9 Å². The van der Waals surface area contributed by atoms with Crippen LogP contribution in [-0.4, -0.2) is 26.7 Å². The number of carboxylic acid groups (broad SMARTS) is 2. The van der Waals surface area contributed by atoms with Crippen LogP contribution >= 0.6 is 0 Å². The third kappa shape index (κ3) is 2.93. The summed E-state index contributed by atoms with van der Waals surface area (Å²) in [6.07, 6.45) is 3.06. The lowest BCUT2D eigenvalue weighted by atomic mass is 10.2. The maximum Gasteiger partial charge on any atom is 0.337 e. The maximum absolute atomic E-state index is 11.2. The highest BCUT2D eigenvalue weighted by Crippen LogP contribution is 2.21. The van der Waals surface area contributed by atoms with Gasteiger partial charge in [0.25, 0.3) is 0 Å². The summed E-state index contributed by atoms with van der Waals surface area (Å²) in [6, 6.07) is 7.33. The first-order valence-corrected chi connectivity index (χ1v) is 6.12. The molecule has 0 aliphatic carbocycles. The molecule has 0 unspecified atom stereocenters. The van der Waals surface area contributed by atoms with Gasteiger partial charge in [0.1, 0.15) is 0 Å². The highest BCUT2D eigenvalue weighted by atomic mass is 16.4. The first-order valence-electron chi connectivity index (χ1n) is 6.12. The number of aromatic nitrogens is 1. The Morgan fingerprint density at radius 1 is 1.11 bits per heavy atom. The number of carboxylic acids is 2. The predicted molar refractivity (Wildman–Crippen MR) is 70.4 cm³/mol. The first-order chi connectivity index (χ1) is 9.09. The summed E-state index contributed by atoms with van der Waals surface area (Å²) in [6.45, 7) is 0.626. The van der Waals surface area contributed by atoms with Crippen molar-refractivity contribution in [1.29, 1.82) is 0 Å². The molecule has 1 aromatic heterocycles. The molecule has 0 fully saturated rings. The number of para-hydroxylation sites is 1. The van der Waals surface area contributed by atoms with Crippen molar-refractivity contribution in [3.05, 3.63) is 36.0 Å². The zero-order valence-corrected chi connectivity index (χ0v) is 10.4. The molecule has 2 rings (SSSR count). The van der Waals surface area contributed by atoms with E-state index in [1.807, 2.05) is 22.8 Å². The predicted octanol–water partition coefficient (Wildman–Crippen LogP) is 2.59. The van der Waals surface area contributed by atoms with Crippen molar-refractivity contribution in [2.45, 2.75) is 25.8 Å². The van der Waals surface area contributed by atoms with Crippen LogP contribution in [0.15, 0.2) is 30.5 Å². The Labute approximate surface area is 110 Å². The molecule has 0 radical (unpaired) electrons. The number of carbonyl (C=O) groups is 2. The molecule has 0 saturated carbocycles. The van der Waals surface area contributed by atoms with Gasteiger partial charge in [-0.25, -0.2) is 4.79 Å². The van der Waals surface area contributed by atoms with E-state index in [1.165, 1.54) is 0 Å². The smallest absolute Gasteiger partial charge is 0.337 e. The molecule has 5 heteroatoms. The molecule has 1 aromatic carbocycles. The quantitative estimate of drug-likeness (QED) is 0.783. The summed E-state index contributed by atoms with van der Waals surface area (Å²) >= 11 is 0. The summed E-state index contributed by atoms with van der Waals surface area (Å²) < 4.78 is 1.88. The monoisotopic (exact) mass is 261 g/mol.